The Balaban J connectivity index is 1.72. The number of anilines is 1. The summed E-state index contributed by atoms with van der Waals surface area (Å²) in [4.78, 5) is 3.36. The van der Waals surface area contributed by atoms with Gasteiger partial charge in [0.2, 0.25) is 0 Å². The maximum absolute atomic E-state index is 9.99. The number of aliphatic hydroxyl groups is 5. The fourth-order valence-electron chi connectivity index (χ4n) is 3.23. The molecule has 4 unspecified atom stereocenters. The number of benzene rings is 2. The Morgan fingerprint density at radius 3 is 2.41 bits per heavy atom. The first kappa shape index (κ1) is 19.6. The lowest BCUT2D eigenvalue weighted by Crippen LogP contribution is -2.48. The van der Waals surface area contributed by atoms with E-state index in [0.717, 1.165) is 27.4 Å². The molecule has 4 atom stereocenters. The van der Waals surface area contributed by atoms with Crippen LogP contribution in [-0.2, 0) is 6.54 Å². The average Bonchev–Trinajstić information content (AvgIpc) is 3.08. The second kappa shape index (κ2) is 8.22. The number of rotatable bonds is 8. The number of aliphatic hydroxyl groups excluding tert-OH is 5. The number of hydrogen-bond acceptors (Lipinski definition) is 7. The van der Waals surface area contributed by atoms with Gasteiger partial charge in [0.1, 0.15) is 18.3 Å². The SMILES string of the molecule is Nc1ccc(CNCC(O)C(O)C(O)C(O)CO)c2[nH]c3ccccc3c12. The third-order valence-electron chi connectivity index (χ3n) is 4.77. The predicted molar refractivity (Wildman–Crippen MR) is 103 cm³/mol. The molecule has 1 aromatic heterocycles. The molecule has 0 aliphatic heterocycles. The maximum atomic E-state index is 9.99. The monoisotopic (exact) mass is 375 g/mol. The molecule has 3 rings (SSSR count). The van der Waals surface area contributed by atoms with Gasteiger partial charge in [-0.25, -0.2) is 0 Å². The second-order valence-corrected chi connectivity index (χ2v) is 6.66. The Hall–Kier alpha value is -2.20. The van der Waals surface area contributed by atoms with E-state index in [0.29, 0.717) is 12.2 Å². The first-order chi connectivity index (χ1) is 12.9. The highest BCUT2D eigenvalue weighted by molar-refractivity contribution is 6.13. The summed E-state index contributed by atoms with van der Waals surface area (Å²) in [6, 6.07) is 11.6. The van der Waals surface area contributed by atoms with Crippen molar-refractivity contribution in [1.82, 2.24) is 10.3 Å². The van der Waals surface area contributed by atoms with E-state index in [-0.39, 0.29) is 6.54 Å². The molecule has 0 radical (unpaired) electrons. The maximum Gasteiger partial charge on any atom is 0.111 e. The number of nitrogens with two attached hydrogens (primary N) is 1. The van der Waals surface area contributed by atoms with Gasteiger partial charge in [-0.3, -0.25) is 0 Å². The van der Waals surface area contributed by atoms with Crippen LogP contribution >= 0.6 is 0 Å². The van der Waals surface area contributed by atoms with Crippen LogP contribution < -0.4 is 11.1 Å². The summed E-state index contributed by atoms with van der Waals surface area (Å²) in [7, 11) is 0. The van der Waals surface area contributed by atoms with Gasteiger partial charge >= 0.3 is 0 Å². The molecule has 0 fully saturated rings. The summed E-state index contributed by atoms with van der Waals surface area (Å²) < 4.78 is 0. The van der Waals surface area contributed by atoms with E-state index in [9.17, 15) is 20.4 Å². The average molecular weight is 375 g/mol. The van der Waals surface area contributed by atoms with E-state index in [1.807, 2.05) is 36.4 Å². The number of nitrogen functional groups attached to an aromatic ring is 1. The smallest absolute Gasteiger partial charge is 0.111 e. The van der Waals surface area contributed by atoms with Crippen LogP contribution in [0.3, 0.4) is 0 Å². The van der Waals surface area contributed by atoms with Crippen LogP contribution in [0.5, 0.6) is 0 Å². The quantitative estimate of drug-likeness (QED) is 0.245. The van der Waals surface area contributed by atoms with Crippen LogP contribution in [0.2, 0.25) is 0 Å². The molecule has 2 aromatic carbocycles. The van der Waals surface area contributed by atoms with Crippen molar-refractivity contribution < 1.29 is 25.5 Å². The highest BCUT2D eigenvalue weighted by atomic mass is 16.4. The number of hydrogen-bond donors (Lipinski definition) is 8. The zero-order valence-corrected chi connectivity index (χ0v) is 14.7. The van der Waals surface area contributed by atoms with Crippen molar-refractivity contribution in [2.45, 2.75) is 31.0 Å². The van der Waals surface area contributed by atoms with E-state index in [2.05, 4.69) is 10.3 Å². The lowest BCUT2D eigenvalue weighted by molar-refractivity contribution is -0.114. The number of fused-ring (bicyclic) bond motifs is 3. The van der Waals surface area contributed by atoms with E-state index in [4.69, 9.17) is 10.8 Å². The summed E-state index contributed by atoms with van der Waals surface area (Å²) in [6.45, 7) is -0.323. The van der Waals surface area contributed by atoms with Crippen LogP contribution in [0.15, 0.2) is 36.4 Å². The molecule has 0 saturated carbocycles. The van der Waals surface area contributed by atoms with Gasteiger partial charge in [0, 0.05) is 35.1 Å². The molecule has 0 aliphatic rings. The van der Waals surface area contributed by atoms with Crippen molar-refractivity contribution in [3.63, 3.8) is 0 Å². The molecule has 0 amide bonds. The third kappa shape index (κ3) is 3.91. The van der Waals surface area contributed by atoms with Crippen molar-refractivity contribution in [3.05, 3.63) is 42.0 Å². The zero-order valence-electron chi connectivity index (χ0n) is 14.7. The van der Waals surface area contributed by atoms with Crippen molar-refractivity contribution in [3.8, 4) is 0 Å². The van der Waals surface area contributed by atoms with Gasteiger partial charge in [0.25, 0.3) is 0 Å². The standard InChI is InChI=1S/C19H25N3O5/c20-12-6-5-10(17-16(12)11-3-1-2-4-13(11)22-17)7-21-8-14(24)18(26)19(27)15(25)9-23/h1-6,14-15,18-19,21-27H,7-9,20H2. The topological polar surface area (TPSA) is 155 Å². The molecule has 0 spiro atoms. The molecule has 8 nitrogen and oxygen atoms in total. The normalized spacial score (nSPS) is 16.5. The molecule has 0 bridgehead atoms. The van der Waals surface area contributed by atoms with Crippen LogP contribution in [-0.4, -0.2) is 68.1 Å². The number of para-hydroxylation sites is 1. The van der Waals surface area contributed by atoms with Crippen molar-refractivity contribution in [1.29, 1.82) is 0 Å². The lowest BCUT2D eigenvalue weighted by atomic mass is 10.0. The molecule has 146 valence electrons. The van der Waals surface area contributed by atoms with Crippen molar-refractivity contribution >= 4 is 27.5 Å². The summed E-state index contributed by atoms with van der Waals surface area (Å²) in [5.41, 5.74) is 9.62. The van der Waals surface area contributed by atoms with Crippen LogP contribution in [0.4, 0.5) is 5.69 Å². The van der Waals surface area contributed by atoms with E-state index >= 15 is 0 Å². The van der Waals surface area contributed by atoms with Crippen molar-refractivity contribution in [2.24, 2.45) is 0 Å². The minimum Gasteiger partial charge on any atom is -0.398 e. The molecule has 9 N–H and O–H groups in total. The van der Waals surface area contributed by atoms with Crippen LogP contribution in [0, 0.1) is 0 Å². The zero-order chi connectivity index (χ0) is 19.6. The molecule has 0 saturated heterocycles. The fourth-order valence-corrected chi connectivity index (χ4v) is 3.23. The summed E-state index contributed by atoms with van der Waals surface area (Å²) in [6.07, 6.45) is -6.05. The fraction of sp³-hybridized carbons (Fsp3) is 0.368. The van der Waals surface area contributed by atoms with E-state index in [1.165, 1.54) is 0 Å². The summed E-state index contributed by atoms with van der Waals surface area (Å²) in [5.74, 6) is 0. The molecule has 1 heterocycles. The minimum absolute atomic E-state index is 0.0114. The Morgan fingerprint density at radius 1 is 0.963 bits per heavy atom. The number of aromatic nitrogens is 1. The Labute approximate surface area is 155 Å². The van der Waals surface area contributed by atoms with Crippen LogP contribution in [0.1, 0.15) is 5.56 Å². The Morgan fingerprint density at radius 2 is 1.67 bits per heavy atom. The van der Waals surface area contributed by atoms with Crippen molar-refractivity contribution in [2.75, 3.05) is 18.9 Å². The summed E-state index contributed by atoms with van der Waals surface area (Å²) in [5, 5.41) is 52.7. The van der Waals surface area contributed by atoms with Gasteiger partial charge in [-0.2, -0.15) is 0 Å². The van der Waals surface area contributed by atoms with Crippen LogP contribution in [0.25, 0.3) is 21.8 Å². The van der Waals surface area contributed by atoms with Gasteiger partial charge in [-0.15, -0.1) is 0 Å². The first-order valence-corrected chi connectivity index (χ1v) is 8.75. The van der Waals surface area contributed by atoms with E-state index < -0.39 is 31.0 Å². The molecule has 27 heavy (non-hydrogen) atoms. The number of H-pyrrole nitrogens is 1. The first-order valence-electron chi connectivity index (χ1n) is 8.75. The predicted octanol–water partition coefficient (Wildman–Crippen LogP) is -0.571. The van der Waals surface area contributed by atoms with Gasteiger partial charge in [0.15, 0.2) is 0 Å². The Kier molecular flexibility index (Phi) is 5.95. The lowest BCUT2D eigenvalue weighted by Gasteiger charge is -2.25. The Bertz CT molecular complexity index is 913. The molecular weight excluding hydrogens is 350 g/mol. The molecule has 0 aliphatic carbocycles. The third-order valence-corrected chi connectivity index (χ3v) is 4.77. The minimum atomic E-state index is -1.64. The molecule has 3 aromatic rings. The van der Waals surface area contributed by atoms with Gasteiger partial charge in [-0.1, -0.05) is 24.3 Å². The highest BCUT2D eigenvalue weighted by Gasteiger charge is 2.29. The van der Waals surface area contributed by atoms with Gasteiger partial charge < -0.3 is 41.6 Å². The molecular formula is C19H25N3O5. The van der Waals surface area contributed by atoms with E-state index in [1.54, 1.807) is 0 Å². The summed E-state index contributed by atoms with van der Waals surface area (Å²) >= 11 is 0. The van der Waals surface area contributed by atoms with Gasteiger partial charge in [0.05, 0.1) is 18.2 Å². The van der Waals surface area contributed by atoms with Gasteiger partial charge in [-0.05, 0) is 17.7 Å². The largest absolute Gasteiger partial charge is 0.398 e. The number of aromatic amines is 1. The molecule has 8 heteroatoms. The highest BCUT2D eigenvalue weighted by Crippen LogP contribution is 2.32. The second-order valence-electron chi connectivity index (χ2n) is 6.66. The number of nitrogens with one attached hydrogen (secondary N) is 2.